The van der Waals surface area contributed by atoms with Gasteiger partial charge >= 0.3 is 0 Å². The maximum absolute atomic E-state index is 12.8. The van der Waals surface area contributed by atoms with Gasteiger partial charge in [-0.05, 0) is 42.2 Å². The van der Waals surface area contributed by atoms with E-state index < -0.39 is 15.9 Å². The van der Waals surface area contributed by atoms with E-state index in [9.17, 15) is 13.2 Å². The summed E-state index contributed by atoms with van der Waals surface area (Å²) >= 11 is 0. The molecule has 2 bridgehead atoms. The van der Waals surface area contributed by atoms with Crippen LogP contribution in [-0.4, -0.2) is 36.6 Å². The molecule has 2 aliphatic carbocycles. The molecule has 2 saturated carbocycles. The number of oxime groups is 1. The standard InChI is InChI=1S/C21H26N2O4S/c1-20(2)17-10-11-21(20)15-28(25,26)23(18(21)13-17)19(24)9-6-12-22-27-14-16-7-4-3-5-8-16/h3-9,12,17-18H,10-11,13-15H2,1-2H3/b9-6+,22-12+/t17-,18-,21-/m0/s1. The van der Waals surface area contributed by atoms with Crippen LogP contribution in [0.1, 0.15) is 38.7 Å². The maximum Gasteiger partial charge on any atom is 0.260 e. The van der Waals surface area contributed by atoms with Gasteiger partial charge in [0.05, 0.1) is 18.0 Å². The molecule has 1 aromatic rings. The first-order valence-corrected chi connectivity index (χ1v) is 11.3. The Hall–Kier alpha value is -2.15. The van der Waals surface area contributed by atoms with Crippen molar-refractivity contribution in [3.8, 4) is 0 Å². The van der Waals surface area contributed by atoms with Crippen molar-refractivity contribution >= 4 is 22.1 Å². The molecule has 150 valence electrons. The van der Waals surface area contributed by atoms with E-state index in [2.05, 4.69) is 19.0 Å². The van der Waals surface area contributed by atoms with Crippen molar-refractivity contribution in [2.24, 2.45) is 21.9 Å². The van der Waals surface area contributed by atoms with Crippen LogP contribution in [-0.2, 0) is 26.3 Å². The molecule has 4 rings (SSSR count). The highest BCUT2D eigenvalue weighted by atomic mass is 32.2. The third-order valence-electron chi connectivity index (χ3n) is 7.16. The number of carbonyl (C=O) groups is 1. The Morgan fingerprint density at radius 3 is 2.79 bits per heavy atom. The van der Waals surface area contributed by atoms with Crippen LogP contribution in [0.2, 0.25) is 0 Å². The van der Waals surface area contributed by atoms with Gasteiger partial charge in [0.15, 0.2) is 0 Å². The average Bonchev–Trinajstić information content (AvgIpc) is 3.13. The molecule has 3 atom stereocenters. The molecule has 1 spiro atoms. The summed E-state index contributed by atoms with van der Waals surface area (Å²) in [6.45, 7) is 4.67. The Balaban J connectivity index is 1.41. The van der Waals surface area contributed by atoms with Gasteiger partial charge in [-0.25, -0.2) is 12.7 Å². The molecule has 1 amide bonds. The predicted octanol–water partition coefficient (Wildman–Crippen LogP) is 3.11. The van der Waals surface area contributed by atoms with Crippen molar-refractivity contribution in [1.29, 1.82) is 0 Å². The van der Waals surface area contributed by atoms with Crippen LogP contribution >= 0.6 is 0 Å². The summed E-state index contributed by atoms with van der Waals surface area (Å²) in [4.78, 5) is 17.9. The Kier molecular flexibility index (Phi) is 4.61. The van der Waals surface area contributed by atoms with Gasteiger partial charge in [-0.2, -0.15) is 0 Å². The Morgan fingerprint density at radius 1 is 1.32 bits per heavy atom. The quantitative estimate of drug-likeness (QED) is 0.431. The molecule has 3 fully saturated rings. The van der Waals surface area contributed by atoms with E-state index in [-0.39, 0.29) is 22.6 Å². The van der Waals surface area contributed by atoms with Crippen LogP contribution in [0.5, 0.6) is 0 Å². The number of fused-ring (bicyclic) bond motifs is 1. The summed E-state index contributed by atoms with van der Waals surface area (Å²) in [7, 11) is -3.59. The first-order valence-electron chi connectivity index (χ1n) is 9.70. The fraction of sp³-hybridized carbons (Fsp3) is 0.524. The fourth-order valence-corrected chi connectivity index (χ4v) is 8.05. The Labute approximate surface area is 166 Å². The summed E-state index contributed by atoms with van der Waals surface area (Å²) in [5.41, 5.74) is 0.649. The van der Waals surface area contributed by atoms with Gasteiger partial charge in [-0.3, -0.25) is 4.79 Å². The second-order valence-electron chi connectivity index (χ2n) is 8.63. The smallest absolute Gasteiger partial charge is 0.260 e. The van der Waals surface area contributed by atoms with Gasteiger partial charge < -0.3 is 4.84 Å². The SMILES string of the molecule is CC1(C)[C@H]2CC[C@@]13CS(=O)(=O)N(C(=O)/C=C/C=N/OCc1ccccc1)[C@H]3C2. The first-order chi connectivity index (χ1) is 13.3. The van der Waals surface area contributed by atoms with E-state index in [0.717, 1.165) is 29.1 Å². The van der Waals surface area contributed by atoms with Crippen LogP contribution in [0.25, 0.3) is 0 Å². The number of sulfonamides is 1. The zero-order chi connectivity index (χ0) is 20.0. The fourth-order valence-electron chi connectivity index (χ4n) is 5.54. The van der Waals surface area contributed by atoms with Crippen LogP contribution in [0.4, 0.5) is 0 Å². The highest BCUT2D eigenvalue weighted by molar-refractivity contribution is 7.90. The van der Waals surface area contributed by atoms with Crippen molar-refractivity contribution in [2.75, 3.05) is 5.75 Å². The highest BCUT2D eigenvalue weighted by Crippen LogP contribution is 2.69. The summed E-state index contributed by atoms with van der Waals surface area (Å²) in [6, 6.07) is 9.41. The van der Waals surface area contributed by atoms with Crippen LogP contribution in [0.15, 0.2) is 47.6 Å². The Bertz CT molecular complexity index is 923. The molecule has 0 unspecified atom stereocenters. The number of allylic oxidation sites excluding steroid dienone is 1. The van der Waals surface area contributed by atoms with E-state index in [1.54, 1.807) is 0 Å². The number of rotatable bonds is 5. The molecule has 1 aromatic carbocycles. The molecule has 1 saturated heterocycles. The van der Waals surface area contributed by atoms with Crippen LogP contribution in [0.3, 0.4) is 0 Å². The van der Waals surface area contributed by atoms with E-state index in [1.165, 1.54) is 18.4 Å². The van der Waals surface area contributed by atoms with Gasteiger partial charge in [-0.1, -0.05) is 49.3 Å². The van der Waals surface area contributed by atoms with Crippen LogP contribution in [0, 0.1) is 16.7 Å². The third kappa shape index (κ3) is 2.87. The lowest BCUT2D eigenvalue weighted by atomic mass is 9.69. The van der Waals surface area contributed by atoms with Crippen LogP contribution < -0.4 is 0 Å². The molecule has 7 heteroatoms. The molecule has 6 nitrogen and oxygen atoms in total. The number of carbonyl (C=O) groups excluding carboxylic acids is 1. The molecule has 28 heavy (non-hydrogen) atoms. The molecular formula is C21H26N2O4S. The Morgan fingerprint density at radius 2 is 2.07 bits per heavy atom. The van der Waals surface area contributed by atoms with Crippen molar-refractivity contribution in [1.82, 2.24) is 4.31 Å². The minimum Gasteiger partial charge on any atom is -0.391 e. The number of hydrogen-bond donors (Lipinski definition) is 0. The van der Waals surface area contributed by atoms with E-state index in [1.807, 2.05) is 30.3 Å². The van der Waals surface area contributed by atoms with Crippen molar-refractivity contribution in [3.05, 3.63) is 48.0 Å². The van der Waals surface area contributed by atoms with Gasteiger partial charge in [-0.15, -0.1) is 0 Å². The molecular weight excluding hydrogens is 376 g/mol. The average molecular weight is 403 g/mol. The topological polar surface area (TPSA) is 76.0 Å². The normalized spacial score (nSPS) is 32.3. The van der Waals surface area contributed by atoms with E-state index in [4.69, 9.17) is 4.84 Å². The molecule has 0 N–H and O–H groups in total. The molecule has 0 radical (unpaired) electrons. The molecule has 3 aliphatic rings. The zero-order valence-corrected chi connectivity index (χ0v) is 17.1. The monoisotopic (exact) mass is 402 g/mol. The lowest BCUT2D eigenvalue weighted by Crippen LogP contribution is -2.43. The number of hydrogen-bond acceptors (Lipinski definition) is 5. The molecule has 1 aliphatic heterocycles. The second kappa shape index (κ2) is 6.72. The largest absolute Gasteiger partial charge is 0.391 e. The number of benzene rings is 1. The zero-order valence-electron chi connectivity index (χ0n) is 16.2. The minimum atomic E-state index is -3.59. The predicted molar refractivity (Wildman–Crippen MR) is 107 cm³/mol. The number of amides is 1. The van der Waals surface area contributed by atoms with Gasteiger partial charge in [0.2, 0.25) is 10.0 Å². The summed E-state index contributed by atoms with van der Waals surface area (Å²) in [5, 5.41) is 3.80. The second-order valence-corrected chi connectivity index (χ2v) is 10.5. The van der Waals surface area contributed by atoms with Gasteiger partial charge in [0, 0.05) is 11.5 Å². The lowest BCUT2D eigenvalue weighted by molar-refractivity contribution is -0.124. The van der Waals surface area contributed by atoms with E-state index in [0.29, 0.717) is 12.5 Å². The van der Waals surface area contributed by atoms with Crippen molar-refractivity contribution in [3.63, 3.8) is 0 Å². The lowest BCUT2D eigenvalue weighted by Gasteiger charge is -2.36. The maximum atomic E-state index is 12.8. The molecule has 1 heterocycles. The third-order valence-corrected chi connectivity index (χ3v) is 9.08. The minimum absolute atomic E-state index is 0.0454. The van der Waals surface area contributed by atoms with Gasteiger partial charge in [0.1, 0.15) is 6.61 Å². The van der Waals surface area contributed by atoms with Crippen molar-refractivity contribution < 1.29 is 18.0 Å². The highest BCUT2D eigenvalue weighted by Gasteiger charge is 2.72. The van der Waals surface area contributed by atoms with Crippen molar-refractivity contribution in [2.45, 2.75) is 45.8 Å². The molecule has 0 aromatic heterocycles. The summed E-state index contributed by atoms with van der Waals surface area (Å²) < 4.78 is 26.7. The summed E-state index contributed by atoms with van der Waals surface area (Å²) in [5.74, 6) is 0.0853. The summed E-state index contributed by atoms with van der Waals surface area (Å²) in [6.07, 6.45) is 6.79. The first kappa shape index (κ1) is 19.2. The number of nitrogens with zero attached hydrogens (tertiary/aromatic N) is 2. The van der Waals surface area contributed by atoms with Gasteiger partial charge in [0.25, 0.3) is 5.91 Å². The van der Waals surface area contributed by atoms with E-state index >= 15 is 0 Å².